The zero-order valence-corrected chi connectivity index (χ0v) is 18.3. The van der Waals surface area contributed by atoms with Crippen LogP contribution in [0.15, 0.2) is 67.3 Å². The third-order valence-corrected chi connectivity index (χ3v) is 5.73. The van der Waals surface area contributed by atoms with Gasteiger partial charge < -0.3 is 9.64 Å². The lowest BCUT2D eigenvalue weighted by Gasteiger charge is -2.14. The maximum Gasteiger partial charge on any atom is 0.203 e. The molecule has 0 radical (unpaired) electrons. The fourth-order valence-electron chi connectivity index (χ4n) is 3.64. The molecule has 0 aliphatic heterocycles. The molecule has 5 nitrogen and oxygen atoms in total. The Hall–Kier alpha value is -2.70. The molecule has 3 aromatic rings. The third-order valence-electron chi connectivity index (χ3n) is 5.29. The van der Waals surface area contributed by atoms with Crippen molar-refractivity contribution in [1.82, 2.24) is 14.3 Å². The van der Waals surface area contributed by atoms with Gasteiger partial charge in [0.15, 0.2) is 6.67 Å². The van der Waals surface area contributed by atoms with Crippen molar-refractivity contribution in [3.8, 4) is 5.75 Å². The molecule has 2 aromatic carbocycles. The SMILES string of the molecule is C=CCOc1ccc(C[NH+](C)Cn2nc(C3CC3)n(Cc3ccccc3)c2=S)cc1. The Labute approximate surface area is 183 Å². The summed E-state index contributed by atoms with van der Waals surface area (Å²) < 4.78 is 10.6. The number of rotatable bonds is 10. The minimum Gasteiger partial charge on any atom is -0.490 e. The zero-order valence-electron chi connectivity index (χ0n) is 17.5. The molecule has 1 unspecified atom stereocenters. The van der Waals surface area contributed by atoms with E-state index in [2.05, 4.69) is 54.6 Å². The molecule has 1 N–H and O–H groups in total. The average molecular weight is 422 g/mol. The number of nitrogens with zero attached hydrogens (tertiary/aromatic N) is 3. The molecule has 0 bridgehead atoms. The minimum absolute atomic E-state index is 0.526. The van der Waals surface area contributed by atoms with Crippen LogP contribution in [0.2, 0.25) is 0 Å². The first-order valence-corrected chi connectivity index (χ1v) is 10.9. The standard InChI is InChI=1S/C24H28N4OS/c1-3-15-29-22-13-9-20(10-14-22)16-26(2)18-28-24(30)27(23(25-28)21-11-12-21)17-19-7-5-4-6-8-19/h3-10,13-14,21H,1,11-12,15-18H2,2H3/p+1. The second-order valence-electron chi connectivity index (χ2n) is 8.02. The first-order chi connectivity index (χ1) is 14.6. The van der Waals surface area contributed by atoms with Crippen molar-refractivity contribution in [3.05, 3.63) is 89.0 Å². The van der Waals surface area contributed by atoms with Gasteiger partial charge >= 0.3 is 0 Å². The highest BCUT2D eigenvalue weighted by molar-refractivity contribution is 7.71. The van der Waals surface area contributed by atoms with E-state index >= 15 is 0 Å². The molecular formula is C24H29N4OS+. The van der Waals surface area contributed by atoms with Gasteiger partial charge in [-0.25, -0.2) is 0 Å². The predicted molar refractivity (Wildman–Crippen MR) is 121 cm³/mol. The fourth-order valence-corrected chi connectivity index (χ4v) is 3.90. The quantitative estimate of drug-likeness (QED) is 0.402. The minimum atomic E-state index is 0.526. The van der Waals surface area contributed by atoms with Crippen LogP contribution in [-0.2, 0) is 19.8 Å². The third kappa shape index (κ3) is 5.07. The summed E-state index contributed by atoms with van der Waals surface area (Å²) in [5.74, 6) is 2.56. The summed E-state index contributed by atoms with van der Waals surface area (Å²) >= 11 is 5.83. The second-order valence-corrected chi connectivity index (χ2v) is 8.39. The first kappa shape index (κ1) is 20.6. The van der Waals surface area contributed by atoms with Gasteiger partial charge in [0.1, 0.15) is 24.7 Å². The molecule has 1 aliphatic carbocycles. The molecule has 0 saturated heterocycles. The van der Waals surface area contributed by atoms with E-state index in [1.807, 2.05) is 22.9 Å². The molecule has 1 atom stereocenters. The number of nitrogens with one attached hydrogen (secondary N) is 1. The van der Waals surface area contributed by atoms with Gasteiger partial charge in [0.25, 0.3) is 0 Å². The van der Waals surface area contributed by atoms with E-state index < -0.39 is 0 Å². The van der Waals surface area contributed by atoms with E-state index in [4.69, 9.17) is 22.1 Å². The zero-order chi connectivity index (χ0) is 20.9. The molecule has 1 aromatic heterocycles. The first-order valence-electron chi connectivity index (χ1n) is 10.5. The van der Waals surface area contributed by atoms with Crippen LogP contribution < -0.4 is 9.64 Å². The number of hydrogen-bond donors (Lipinski definition) is 1. The summed E-state index contributed by atoms with van der Waals surface area (Å²) in [5, 5.41) is 4.92. The summed E-state index contributed by atoms with van der Waals surface area (Å²) in [6.45, 7) is 6.63. The smallest absolute Gasteiger partial charge is 0.203 e. The molecule has 0 spiro atoms. The molecule has 156 valence electrons. The van der Waals surface area contributed by atoms with Crippen LogP contribution in [0.5, 0.6) is 5.75 Å². The molecule has 30 heavy (non-hydrogen) atoms. The predicted octanol–water partition coefficient (Wildman–Crippen LogP) is 3.58. The van der Waals surface area contributed by atoms with Crippen LogP contribution in [0, 0.1) is 4.77 Å². The Morgan fingerprint density at radius 2 is 1.87 bits per heavy atom. The molecule has 4 rings (SSSR count). The number of aromatic nitrogens is 3. The highest BCUT2D eigenvalue weighted by Gasteiger charge is 2.30. The Bertz CT molecular complexity index is 1040. The number of benzene rings is 2. The molecular weight excluding hydrogens is 392 g/mol. The van der Waals surface area contributed by atoms with Gasteiger partial charge in [0, 0.05) is 11.5 Å². The molecule has 1 heterocycles. The maximum absolute atomic E-state index is 5.83. The topological polar surface area (TPSA) is 36.4 Å². The molecule has 1 aliphatic rings. The Morgan fingerprint density at radius 1 is 1.13 bits per heavy atom. The number of quaternary nitrogens is 1. The normalized spacial score (nSPS) is 14.4. The van der Waals surface area contributed by atoms with Crippen molar-refractivity contribution in [1.29, 1.82) is 0 Å². The lowest BCUT2D eigenvalue weighted by molar-refractivity contribution is -0.917. The van der Waals surface area contributed by atoms with Crippen LogP contribution in [0.25, 0.3) is 0 Å². The molecule has 1 saturated carbocycles. The average Bonchev–Trinajstić information content (AvgIpc) is 3.56. The molecule has 0 amide bonds. The lowest BCUT2D eigenvalue weighted by Crippen LogP contribution is -3.07. The fraction of sp³-hybridized carbons (Fsp3) is 0.333. The van der Waals surface area contributed by atoms with Gasteiger partial charge in [-0.1, -0.05) is 43.0 Å². The van der Waals surface area contributed by atoms with E-state index in [-0.39, 0.29) is 0 Å². The lowest BCUT2D eigenvalue weighted by atomic mass is 10.2. The number of ether oxygens (including phenoxy) is 1. The van der Waals surface area contributed by atoms with Crippen molar-refractivity contribution in [3.63, 3.8) is 0 Å². The summed E-state index contributed by atoms with van der Waals surface area (Å²) in [5.41, 5.74) is 2.52. The van der Waals surface area contributed by atoms with Gasteiger partial charge in [-0.15, -0.1) is 0 Å². The van der Waals surface area contributed by atoms with Crippen molar-refractivity contribution in [2.75, 3.05) is 13.7 Å². The Kier molecular flexibility index (Phi) is 6.45. The van der Waals surface area contributed by atoms with Gasteiger partial charge in [0.2, 0.25) is 4.77 Å². The highest BCUT2D eigenvalue weighted by atomic mass is 32.1. The monoisotopic (exact) mass is 421 g/mol. The van der Waals surface area contributed by atoms with Crippen LogP contribution in [0.3, 0.4) is 0 Å². The molecule has 1 fully saturated rings. The van der Waals surface area contributed by atoms with Crippen LogP contribution in [-0.4, -0.2) is 28.0 Å². The highest BCUT2D eigenvalue weighted by Crippen LogP contribution is 2.39. The number of hydrogen-bond acceptors (Lipinski definition) is 3. The van der Waals surface area contributed by atoms with E-state index in [0.29, 0.717) is 12.5 Å². The van der Waals surface area contributed by atoms with Gasteiger partial charge in [-0.3, -0.25) is 4.57 Å². The van der Waals surface area contributed by atoms with Crippen molar-refractivity contribution in [2.24, 2.45) is 0 Å². The van der Waals surface area contributed by atoms with Crippen LogP contribution in [0.1, 0.15) is 35.7 Å². The maximum atomic E-state index is 5.83. The largest absolute Gasteiger partial charge is 0.490 e. The van der Waals surface area contributed by atoms with Crippen molar-refractivity contribution in [2.45, 2.75) is 38.5 Å². The Balaban J connectivity index is 1.45. The van der Waals surface area contributed by atoms with Crippen molar-refractivity contribution < 1.29 is 9.64 Å². The van der Waals surface area contributed by atoms with Crippen molar-refractivity contribution >= 4 is 12.2 Å². The summed E-state index contributed by atoms with van der Waals surface area (Å²) in [7, 11) is 2.18. The van der Waals surface area contributed by atoms with Gasteiger partial charge in [-0.05, 0) is 54.9 Å². The molecule has 6 heteroatoms. The summed E-state index contributed by atoms with van der Waals surface area (Å²) in [6.07, 6.45) is 4.18. The van der Waals surface area contributed by atoms with E-state index in [1.54, 1.807) is 6.08 Å². The van der Waals surface area contributed by atoms with E-state index in [9.17, 15) is 0 Å². The van der Waals surface area contributed by atoms with Crippen LogP contribution >= 0.6 is 12.2 Å². The van der Waals surface area contributed by atoms with E-state index in [1.165, 1.54) is 28.9 Å². The van der Waals surface area contributed by atoms with Gasteiger partial charge in [-0.2, -0.15) is 9.78 Å². The summed E-state index contributed by atoms with van der Waals surface area (Å²) in [6, 6.07) is 18.7. The summed E-state index contributed by atoms with van der Waals surface area (Å²) in [4.78, 5) is 1.33. The van der Waals surface area contributed by atoms with Crippen LogP contribution in [0.4, 0.5) is 0 Å². The van der Waals surface area contributed by atoms with E-state index in [0.717, 1.165) is 36.1 Å². The Morgan fingerprint density at radius 3 is 2.53 bits per heavy atom. The second kappa shape index (κ2) is 9.41. The van der Waals surface area contributed by atoms with Gasteiger partial charge in [0.05, 0.1) is 13.6 Å².